The third-order valence-electron chi connectivity index (χ3n) is 2.54. The summed E-state index contributed by atoms with van der Waals surface area (Å²) in [4.78, 5) is 20.1. The van der Waals surface area contributed by atoms with E-state index in [9.17, 15) is 4.79 Å². The molecule has 1 unspecified atom stereocenters. The Bertz CT molecular complexity index is 364. The van der Waals surface area contributed by atoms with Gasteiger partial charge in [-0.2, -0.15) is 0 Å². The fraction of sp³-hybridized carbons (Fsp3) is 0.615. The van der Waals surface area contributed by atoms with E-state index in [2.05, 4.69) is 34.4 Å². The zero-order chi connectivity index (χ0) is 13.4. The molecule has 100 valence electrons. The Morgan fingerprint density at radius 1 is 1.28 bits per heavy atom. The summed E-state index contributed by atoms with van der Waals surface area (Å²) in [5, 5.41) is 6.01. The quantitative estimate of drug-likeness (QED) is 0.778. The second kappa shape index (κ2) is 7.63. The first-order chi connectivity index (χ1) is 8.67. The summed E-state index contributed by atoms with van der Waals surface area (Å²) >= 11 is 0. The first-order valence-electron chi connectivity index (χ1n) is 6.54. The molecule has 2 N–H and O–H groups in total. The standard InChI is InChI=1S/C13H22N4O/c1-4-6-10(3)17-13(18)11-8-16-12(9-15-11)14-7-5-2/h8-10H,4-7H2,1-3H3,(H,14,16)(H,17,18). The molecule has 0 bridgehead atoms. The van der Waals surface area contributed by atoms with Gasteiger partial charge >= 0.3 is 0 Å². The summed E-state index contributed by atoms with van der Waals surface area (Å²) < 4.78 is 0. The van der Waals surface area contributed by atoms with Crippen molar-refractivity contribution in [3.05, 3.63) is 18.1 Å². The lowest BCUT2D eigenvalue weighted by Crippen LogP contribution is -2.33. The van der Waals surface area contributed by atoms with E-state index in [1.807, 2.05) is 6.92 Å². The molecular weight excluding hydrogens is 228 g/mol. The number of carbonyl (C=O) groups excluding carboxylic acids is 1. The number of rotatable bonds is 7. The molecule has 1 aromatic heterocycles. The predicted octanol–water partition coefficient (Wildman–Crippen LogP) is 2.22. The third-order valence-corrected chi connectivity index (χ3v) is 2.54. The highest BCUT2D eigenvalue weighted by atomic mass is 16.1. The first-order valence-corrected chi connectivity index (χ1v) is 6.54. The number of anilines is 1. The monoisotopic (exact) mass is 250 g/mol. The number of carbonyl (C=O) groups is 1. The van der Waals surface area contributed by atoms with Gasteiger partial charge in [0, 0.05) is 12.6 Å². The molecule has 0 aliphatic heterocycles. The molecule has 0 saturated heterocycles. The largest absolute Gasteiger partial charge is 0.369 e. The Morgan fingerprint density at radius 2 is 2.06 bits per heavy atom. The molecule has 0 spiro atoms. The van der Waals surface area contributed by atoms with Gasteiger partial charge in [-0.05, 0) is 19.8 Å². The number of hydrogen-bond acceptors (Lipinski definition) is 4. The zero-order valence-electron chi connectivity index (χ0n) is 11.4. The second-order valence-corrected chi connectivity index (χ2v) is 4.38. The highest BCUT2D eigenvalue weighted by Gasteiger charge is 2.10. The van der Waals surface area contributed by atoms with Gasteiger partial charge in [-0.3, -0.25) is 4.79 Å². The van der Waals surface area contributed by atoms with Crippen LogP contribution in [-0.4, -0.2) is 28.5 Å². The Labute approximate surface area is 108 Å². The van der Waals surface area contributed by atoms with E-state index >= 15 is 0 Å². The van der Waals surface area contributed by atoms with Crippen molar-refractivity contribution in [3.8, 4) is 0 Å². The number of nitrogens with one attached hydrogen (secondary N) is 2. The Balaban J connectivity index is 2.53. The molecule has 0 aliphatic rings. The van der Waals surface area contributed by atoms with E-state index in [0.29, 0.717) is 11.5 Å². The normalized spacial score (nSPS) is 11.9. The van der Waals surface area contributed by atoms with Crippen LogP contribution in [0.2, 0.25) is 0 Å². The summed E-state index contributed by atoms with van der Waals surface area (Å²) in [7, 11) is 0. The molecule has 0 aliphatic carbocycles. The van der Waals surface area contributed by atoms with Crippen molar-refractivity contribution in [1.29, 1.82) is 0 Å². The van der Waals surface area contributed by atoms with Gasteiger partial charge in [0.25, 0.3) is 5.91 Å². The summed E-state index contributed by atoms with van der Waals surface area (Å²) in [6.07, 6.45) is 6.14. The SMILES string of the molecule is CCCNc1cnc(C(=O)NC(C)CCC)cn1. The lowest BCUT2D eigenvalue weighted by molar-refractivity contribution is 0.0933. The molecular formula is C13H22N4O. The summed E-state index contributed by atoms with van der Waals surface area (Å²) in [6.45, 7) is 7.02. The smallest absolute Gasteiger partial charge is 0.271 e. The highest BCUT2D eigenvalue weighted by Crippen LogP contribution is 2.02. The number of hydrogen-bond donors (Lipinski definition) is 2. The Hall–Kier alpha value is -1.65. The maximum Gasteiger partial charge on any atom is 0.271 e. The fourth-order valence-electron chi connectivity index (χ4n) is 1.59. The fourth-order valence-corrected chi connectivity index (χ4v) is 1.59. The minimum Gasteiger partial charge on any atom is -0.369 e. The molecule has 18 heavy (non-hydrogen) atoms. The van der Waals surface area contributed by atoms with Crippen molar-refractivity contribution < 1.29 is 4.79 Å². The van der Waals surface area contributed by atoms with Crippen LogP contribution >= 0.6 is 0 Å². The van der Waals surface area contributed by atoms with Gasteiger partial charge in [-0.15, -0.1) is 0 Å². The predicted molar refractivity (Wildman–Crippen MR) is 72.6 cm³/mol. The minimum absolute atomic E-state index is 0.162. The average molecular weight is 250 g/mol. The molecule has 1 amide bonds. The van der Waals surface area contributed by atoms with Crippen LogP contribution in [0.4, 0.5) is 5.82 Å². The van der Waals surface area contributed by atoms with Gasteiger partial charge in [0.05, 0.1) is 12.4 Å². The first kappa shape index (κ1) is 14.4. The third kappa shape index (κ3) is 4.69. The summed E-state index contributed by atoms with van der Waals surface area (Å²) in [5.41, 5.74) is 0.361. The maximum absolute atomic E-state index is 11.8. The topological polar surface area (TPSA) is 66.9 Å². The van der Waals surface area contributed by atoms with E-state index in [1.54, 1.807) is 6.20 Å². The average Bonchev–Trinajstić information content (AvgIpc) is 2.37. The van der Waals surface area contributed by atoms with Gasteiger partial charge in [0.1, 0.15) is 11.5 Å². The van der Waals surface area contributed by atoms with E-state index in [-0.39, 0.29) is 11.9 Å². The Morgan fingerprint density at radius 3 is 2.61 bits per heavy atom. The van der Waals surface area contributed by atoms with Crippen molar-refractivity contribution in [2.45, 2.75) is 46.1 Å². The van der Waals surface area contributed by atoms with Gasteiger partial charge in [0.2, 0.25) is 0 Å². The van der Waals surface area contributed by atoms with Crippen molar-refractivity contribution >= 4 is 11.7 Å². The summed E-state index contributed by atoms with van der Waals surface area (Å²) in [5.74, 6) is 0.542. The van der Waals surface area contributed by atoms with E-state index in [4.69, 9.17) is 0 Å². The van der Waals surface area contributed by atoms with Gasteiger partial charge < -0.3 is 10.6 Å². The number of aromatic nitrogens is 2. The van der Waals surface area contributed by atoms with Crippen LogP contribution in [0.15, 0.2) is 12.4 Å². The van der Waals surface area contributed by atoms with E-state index in [1.165, 1.54) is 6.20 Å². The zero-order valence-corrected chi connectivity index (χ0v) is 11.4. The van der Waals surface area contributed by atoms with Crippen LogP contribution < -0.4 is 10.6 Å². The molecule has 1 atom stereocenters. The van der Waals surface area contributed by atoms with Crippen molar-refractivity contribution in [3.63, 3.8) is 0 Å². The van der Waals surface area contributed by atoms with Crippen LogP contribution in [0.3, 0.4) is 0 Å². The maximum atomic E-state index is 11.8. The minimum atomic E-state index is -0.162. The van der Waals surface area contributed by atoms with Gasteiger partial charge in [-0.25, -0.2) is 9.97 Å². The Kier molecular flexibility index (Phi) is 6.11. The molecule has 1 aromatic rings. The van der Waals surface area contributed by atoms with Gasteiger partial charge in [0.15, 0.2) is 0 Å². The molecule has 5 heteroatoms. The molecule has 0 saturated carbocycles. The van der Waals surface area contributed by atoms with Crippen molar-refractivity contribution in [2.24, 2.45) is 0 Å². The molecule has 0 aromatic carbocycles. The molecule has 1 heterocycles. The van der Waals surface area contributed by atoms with Crippen molar-refractivity contribution in [1.82, 2.24) is 15.3 Å². The van der Waals surface area contributed by atoms with Crippen LogP contribution in [0, 0.1) is 0 Å². The van der Waals surface area contributed by atoms with Crippen LogP contribution in [0.1, 0.15) is 50.5 Å². The van der Waals surface area contributed by atoms with Crippen LogP contribution in [0.25, 0.3) is 0 Å². The lowest BCUT2D eigenvalue weighted by Gasteiger charge is -2.12. The molecule has 0 fully saturated rings. The number of nitrogens with zero attached hydrogens (tertiary/aromatic N) is 2. The lowest BCUT2D eigenvalue weighted by atomic mass is 10.2. The second-order valence-electron chi connectivity index (χ2n) is 4.38. The molecule has 1 rings (SSSR count). The van der Waals surface area contributed by atoms with Crippen LogP contribution in [-0.2, 0) is 0 Å². The van der Waals surface area contributed by atoms with Crippen molar-refractivity contribution in [2.75, 3.05) is 11.9 Å². The number of amides is 1. The molecule has 5 nitrogen and oxygen atoms in total. The van der Waals surface area contributed by atoms with E-state index < -0.39 is 0 Å². The van der Waals surface area contributed by atoms with Gasteiger partial charge in [-0.1, -0.05) is 20.3 Å². The highest BCUT2D eigenvalue weighted by molar-refractivity contribution is 5.92. The van der Waals surface area contributed by atoms with Crippen LogP contribution in [0.5, 0.6) is 0 Å². The van der Waals surface area contributed by atoms with E-state index in [0.717, 1.165) is 25.8 Å². The molecule has 0 radical (unpaired) electrons. The summed E-state index contributed by atoms with van der Waals surface area (Å²) in [6, 6.07) is 0.169.